The van der Waals surface area contributed by atoms with Gasteiger partial charge in [0.1, 0.15) is 5.52 Å². The number of nitrogens with one attached hydrogen (secondary N) is 2. The summed E-state index contributed by atoms with van der Waals surface area (Å²) in [5.74, 6) is 0.401. The number of H-pyrrole nitrogens is 1. The lowest BCUT2D eigenvalue weighted by atomic mass is 10.0. The number of aryl methyl sites for hydroxylation is 1. The Morgan fingerprint density at radius 1 is 1.15 bits per heavy atom. The first-order valence-electron chi connectivity index (χ1n) is 11.2. The Labute approximate surface area is 190 Å². The Hall–Kier alpha value is -3.94. The number of nitrogens with two attached hydrogens (primary N) is 1. The molecule has 0 bridgehead atoms. The first-order chi connectivity index (χ1) is 16.0. The van der Waals surface area contributed by atoms with Gasteiger partial charge in [0.15, 0.2) is 5.82 Å². The Morgan fingerprint density at radius 2 is 1.88 bits per heavy atom. The van der Waals surface area contributed by atoms with Crippen molar-refractivity contribution in [2.75, 3.05) is 5.73 Å². The molecule has 8 heteroatoms. The summed E-state index contributed by atoms with van der Waals surface area (Å²) in [5.41, 5.74) is 10.6. The SMILES string of the molecule is Cc1ccccc1C(=O)NCc1ccc(-n2nc(C3CCCC3)c3c(=O)[nH]nc(N)c32)cc1. The minimum absolute atomic E-state index is 0.102. The van der Waals surface area contributed by atoms with Crippen LogP contribution in [0.25, 0.3) is 16.6 Å². The summed E-state index contributed by atoms with van der Waals surface area (Å²) in [6.07, 6.45) is 4.32. The van der Waals surface area contributed by atoms with Gasteiger partial charge in [-0.1, -0.05) is 43.2 Å². The number of hydrogen-bond donors (Lipinski definition) is 3. The zero-order valence-electron chi connectivity index (χ0n) is 18.5. The smallest absolute Gasteiger partial charge is 0.275 e. The van der Waals surface area contributed by atoms with Gasteiger partial charge in [-0.2, -0.15) is 10.2 Å². The minimum Gasteiger partial charge on any atom is -0.380 e. The predicted molar refractivity (Wildman–Crippen MR) is 127 cm³/mol. The van der Waals surface area contributed by atoms with Crippen molar-refractivity contribution >= 4 is 22.6 Å². The van der Waals surface area contributed by atoms with Crippen molar-refractivity contribution in [1.82, 2.24) is 25.3 Å². The number of aromatic nitrogens is 4. The molecule has 168 valence electrons. The van der Waals surface area contributed by atoms with E-state index in [2.05, 4.69) is 15.5 Å². The largest absolute Gasteiger partial charge is 0.380 e. The molecule has 4 aromatic rings. The van der Waals surface area contributed by atoms with Crippen LogP contribution in [0.4, 0.5) is 5.82 Å². The van der Waals surface area contributed by atoms with Crippen LogP contribution in [0, 0.1) is 6.92 Å². The molecule has 2 aromatic carbocycles. The van der Waals surface area contributed by atoms with E-state index in [9.17, 15) is 9.59 Å². The molecule has 4 N–H and O–H groups in total. The van der Waals surface area contributed by atoms with Gasteiger partial charge < -0.3 is 11.1 Å². The molecule has 2 heterocycles. The average Bonchev–Trinajstić information content (AvgIpc) is 3.49. The average molecular weight is 443 g/mol. The van der Waals surface area contributed by atoms with Gasteiger partial charge in [-0.25, -0.2) is 9.78 Å². The first kappa shape index (κ1) is 20.9. The third kappa shape index (κ3) is 3.88. The number of hydrogen-bond acceptors (Lipinski definition) is 5. The van der Waals surface area contributed by atoms with Crippen molar-refractivity contribution in [2.45, 2.75) is 45.1 Å². The Morgan fingerprint density at radius 3 is 2.61 bits per heavy atom. The van der Waals surface area contributed by atoms with E-state index in [1.807, 2.05) is 55.5 Å². The van der Waals surface area contributed by atoms with E-state index in [-0.39, 0.29) is 23.2 Å². The summed E-state index contributed by atoms with van der Waals surface area (Å²) >= 11 is 0. The number of nitrogen functional groups attached to an aromatic ring is 1. The normalized spacial score (nSPS) is 14.1. The van der Waals surface area contributed by atoms with Gasteiger partial charge in [0.25, 0.3) is 11.5 Å². The molecule has 1 amide bonds. The van der Waals surface area contributed by atoms with Crippen molar-refractivity contribution in [3.05, 3.63) is 81.3 Å². The van der Waals surface area contributed by atoms with Crippen LogP contribution in [0.5, 0.6) is 0 Å². The van der Waals surface area contributed by atoms with Gasteiger partial charge >= 0.3 is 0 Å². The maximum absolute atomic E-state index is 12.6. The van der Waals surface area contributed by atoms with E-state index in [4.69, 9.17) is 10.8 Å². The third-order valence-electron chi connectivity index (χ3n) is 6.43. The maximum Gasteiger partial charge on any atom is 0.275 e. The number of anilines is 1. The van der Waals surface area contributed by atoms with Gasteiger partial charge in [0.05, 0.1) is 16.8 Å². The van der Waals surface area contributed by atoms with E-state index < -0.39 is 0 Å². The molecule has 0 radical (unpaired) electrons. The number of carbonyl (C=O) groups is 1. The summed E-state index contributed by atoms with van der Waals surface area (Å²) in [6, 6.07) is 15.2. The van der Waals surface area contributed by atoms with E-state index in [0.29, 0.717) is 23.0 Å². The maximum atomic E-state index is 12.6. The Kier molecular flexibility index (Phi) is 5.42. The molecule has 1 saturated carbocycles. The number of fused-ring (bicyclic) bond motifs is 1. The van der Waals surface area contributed by atoms with Crippen LogP contribution in [0.3, 0.4) is 0 Å². The number of amides is 1. The van der Waals surface area contributed by atoms with Gasteiger partial charge in [0, 0.05) is 18.0 Å². The summed E-state index contributed by atoms with van der Waals surface area (Å²) in [5, 5.41) is 14.8. The molecule has 1 aliphatic rings. The van der Waals surface area contributed by atoms with E-state index in [1.54, 1.807) is 4.68 Å². The fraction of sp³-hybridized carbons (Fsp3) is 0.280. The van der Waals surface area contributed by atoms with Crippen molar-refractivity contribution in [3.8, 4) is 5.69 Å². The summed E-state index contributed by atoms with van der Waals surface area (Å²) in [4.78, 5) is 25.1. The van der Waals surface area contributed by atoms with Crippen LogP contribution >= 0.6 is 0 Å². The molecular weight excluding hydrogens is 416 g/mol. The summed E-state index contributed by atoms with van der Waals surface area (Å²) in [7, 11) is 0. The fourth-order valence-electron chi connectivity index (χ4n) is 4.65. The highest BCUT2D eigenvalue weighted by Gasteiger charge is 2.27. The lowest BCUT2D eigenvalue weighted by Gasteiger charge is -2.09. The highest BCUT2D eigenvalue weighted by Crippen LogP contribution is 2.37. The van der Waals surface area contributed by atoms with Gasteiger partial charge in [-0.15, -0.1) is 0 Å². The quantitative estimate of drug-likeness (QED) is 0.436. The van der Waals surface area contributed by atoms with Gasteiger partial charge in [0.2, 0.25) is 0 Å². The number of aromatic amines is 1. The van der Waals surface area contributed by atoms with Crippen LogP contribution in [-0.2, 0) is 6.54 Å². The molecule has 0 spiro atoms. The highest BCUT2D eigenvalue weighted by molar-refractivity contribution is 5.95. The molecule has 5 rings (SSSR count). The zero-order chi connectivity index (χ0) is 22.9. The molecular formula is C25H26N6O2. The summed E-state index contributed by atoms with van der Waals surface area (Å²) < 4.78 is 1.72. The minimum atomic E-state index is -0.261. The fourth-order valence-corrected chi connectivity index (χ4v) is 4.65. The molecule has 0 saturated heterocycles. The van der Waals surface area contributed by atoms with Crippen LogP contribution in [0.15, 0.2) is 53.3 Å². The Balaban J connectivity index is 1.43. The van der Waals surface area contributed by atoms with Crippen molar-refractivity contribution < 1.29 is 4.79 Å². The van der Waals surface area contributed by atoms with Crippen LogP contribution in [0.1, 0.15) is 58.8 Å². The second-order valence-corrected chi connectivity index (χ2v) is 8.60. The zero-order valence-corrected chi connectivity index (χ0v) is 18.5. The van der Waals surface area contributed by atoms with Crippen LogP contribution in [0.2, 0.25) is 0 Å². The highest BCUT2D eigenvalue weighted by atomic mass is 16.1. The molecule has 33 heavy (non-hydrogen) atoms. The van der Waals surface area contributed by atoms with Crippen molar-refractivity contribution in [2.24, 2.45) is 0 Å². The molecule has 0 aliphatic heterocycles. The lowest BCUT2D eigenvalue weighted by Crippen LogP contribution is -2.23. The number of carbonyl (C=O) groups excluding carboxylic acids is 1. The van der Waals surface area contributed by atoms with E-state index in [1.165, 1.54) is 0 Å². The van der Waals surface area contributed by atoms with Gasteiger partial charge in [-0.3, -0.25) is 9.59 Å². The predicted octanol–water partition coefficient (Wildman–Crippen LogP) is 3.59. The Bertz CT molecular complexity index is 1380. The molecule has 8 nitrogen and oxygen atoms in total. The number of benzene rings is 2. The lowest BCUT2D eigenvalue weighted by molar-refractivity contribution is 0.0950. The molecule has 1 aliphatic carbocycles. The van der Waals surface area contributed by atoms with Crippen LogP contribution in [-0.4, -0.2) is 25.9 Å². The number of rotatable bonds is 5. The second kappa shape index (κ2) is 8.54. The second-order valence-electron chi connectivity index (χ2n) is 8.60. The molecule has 1 fully saturated rings. The third-order valence-corrected chi connectivity index (χ3v) is 6.43. The standard InChI is InChI=1S/C25H26N6O2/c1-15-6-2-5-9-19(15)24(32)27-14-16-10-12-18(13-11-16)31-22-20(25(33)29-28-23(22)26)21(30-31)17-7-3-4-8-17/h2,5-6,9-13,17H,3-4,7-8,14H2,1H3,(H2,26,28)(H,27,32)(H,29,33). The first-order valence-corrected chi connectivity index (χ1v) is 11.2. The number of nitrogens with zero attached hydrogens (tertiary/aromatic N) is 3. The van der Waals surface area contributed by atoms with Gasteiger partial charge in [-0.05, 0) is 49.1 Å². The molecule has 2 aromatic heterocycles. The van der Waals surface area contributed by atoms with E-state index in [0.717, 1.165) is 48.2 Å². The van der Waals surface area contributed by atoms with Crippen molar-refractivity contribution in [3.63, 3.8) is 0 Å². The van der Waals surface area contributed by atoms with Crippen molar-refractivity contribution in [1.29, 1.82) is 0 Å². The molecule has 0 atom stereocenters. The monoisotopic (exact) mass is 442 g/mol. The van der Waals surface area contributed by atoms with E-state index >= 15 is 0 Å². The topological polar surface area (TPSA) is 119 Å². The summed E-state index contributed by atoms with van der Waals surface area (Å²) in [6.45, 7) is 2.33. The molecule has 0 unspecified atom stereocenters. The van der Waals surface area contributed by atoms with Crippen LogP contribution < -0.4 is 16.6 Å².